The van der Waals surface area contributed by atoms with Gasteiger partial charge in [-0.05, 0) is 55.0 Å². The molecule has 0 saturated heterocycles. The Hall–Kier alpha value is -3.55. The summed E-state index contributed by atoms with van der Waals surface area (Å²) in [5, 5.41) is 0. The third-order valence-corrected chi connectivity index (χ3v) is 4.11. The molecule has 0 saturated carbocycles. The van der Waals surface area contributed by atoms with Crippen LogP contribution in [0.15, 0.2) is 48.5 Å². The third-order valence-electron chi connectivity index (χ3n) is 4.11. The van der Waals surface area contributed by atoms with Crippen molar-refractivity contribution in [2.24, 2.45) is 0 Å². The van der Waals surface area contributed by atoms with E-state index in [0.717, 1.165) is 19.3 Å². The van der Waals surface area contributed by atoms with Crippen LogP contribution >= 0.6 is 0 Å². The topological polar surface area (TPSA) is 103 Å². The molecule has 0 radical (unpaired) electrons. The van der Waals surface area contributed by atoms with Gasteiger partial charge in [-0.25, -0.2) is 4.79 Å². The van der Waals surface area contributed by atoms with Crippen molar-refractivity contribution in [3.05, 3.63) is 59.7 Å². The van der Waals surface area contributed by atoms with Crippen molar-refractivity contribution < 1.29 is 28.6 Å². The van der Waals surface area contributed by atoms with Crippen LogP contribution < -0.4 is 20.3 Å². The number of carbonyl (C=O) groups is 3. The number of benzene rings is 2. The largest absolute Gasteiger partial charge is 0.497 e. The molecule has 0 atom stereocenters. The van der Waals surface area contributed by atoms with Crippen molar-refractivity contribution in [2.75, 3.05) is 20.3 Å². The van der Waals surface area contributed by atoms with Crippen molar-refractivity contribution in [3.8, 4) is 11.5 Å². The fourth-order valence-corrected chi connectivity index (χ4v) is 2.42. The molecule has 0 heterocycles. The first kappa shape index (κ1) is 22.7. The van der Waals surface area contributed by atoms with Gasteiger partial charge in [-0.2, -0.15) is 0 Å². The first-order valence-electron chi connectivity index (χ1n) is 9.66. The van der Waals surface area contributed by atoms with Crippen LogP contribution in [0.3, 0.4) is 0 Å². The summed E-state index contributed by atoms with van der Waals surface area (Å²) in [6, 6.07) is 12.9. The van der Waals surface area contributed by atoms with Gasteiger partial charge in [0.2, 0.25) is 0 Å². The number of amides is 2. The summed E-state index contributed by atoms with van der Waals surface area (Å²) < 4.78 is 15.5. The summed E-state index contributed by atoms with van der Waals surface area (Å²) in [7, 11) is 1.52. The molecule has 0 aromatic heterocycles. The maximum Gasteiger partial charge on any atom is 0.338 e. The number of unbranched alkanes of at least 4 members (excludes halogenated alkanes) is 2. The summed E-state index contributed by atoms with van der Waals surface area (Å²) in [4.78, 5) is 35.8. The second kappa shape index (κ2) is 12.1. The summed E-state index contributed by atoms with van der Waals surface area (Å²) in [6.45, 7) is 2.21. The molecule has 8 heteroatoms. The summed E-state index contributed by atoms with van der Waals surface area (Å²) in [5.74, 6) is -0.544. The van der Waals surface area contributed by atoms with Crippen LogP contribution in [0, 0.1) is 0 Å². The molecule has 30 heavy (non-hydrogen) atoms. The van der Waals surface area contributed by atoms with Crippen molar-refractivity contribution in [1.29, 1.82) is 0 Å². The lowest BCUT2D eigenvalue weighted by Crippen LogP contribution is -2.43. The smallest absolute Gasteiger partial charge is 0.338 e. The van der Waals surface area contributed by atoms with Crippen LogP contribution in [0.4, 0.5) is 0 Å². The molecule has 2 N–H and O–H groups in total. The average molecular weight is 414 g/mol. The van der Waals surface area contributed by atoms with E-state index in [1.807, 2.05) is 0 Å². The van der Waals surface area contributed by atoms with Crippen LogP contribution in [0.1, 0.15) is 46.9 Å². The molecule has 8 nitrogen and oxygen atoms in total. The van der Waals surface area contributed by atoms with E-state index in [-0.39, 0.29) is 0 Å². The molecule has 0 spiro atoms. The summed E-state index contributed by atoms with van der Waals surface area (Å²) in [5.41, 5.74) is 5.08. The Morgan fingerprint density at radius 1 is 0.833 bits per heavy atom. The zero-order valence-electron chi connectivity index (χ0n) is 17.1. The molecule has 2 amide bonds. The number of carbonyl (C=O) groups excluding carboxylic acids is 3. The monoisotopic (exact) mass is 414 g/mol. The Bertz CT molecular complexity index is 834. The zero-order chi connectivity index (χ0) is 21.8. The van der Waals surface area contributed by atoms with E-state index in [1.165, 1.54) is 7.11 Å². The van der Waals surface area contributed by atoms with Crippen molar-refractivity contribution in [1.82, 2.24) is 10.9 Å². The predicted molar refractivity (Wildman–Crippen MR) is 110 cm³/mol. The van der Waals surface area contributed by atoms with Gasteiger partial charge >= 0.3 is 5.97 Å². The summed E-state index contributed by atoms with van der Waals surface area (Å²) >= 11 is 0. The molecule has 2 aromatic rings. The number of methoxy groups -OCH3 is 1. The molecule has 160 valence electrons. The van der Waals surface area contributed by atoms with E-state index < -0.39 is 24.4 Å². The van der Waals surface area contributed by atoms with Crippen LogP contribution in [0.2, 0.25) is 0 Å². The molecule has 0 aliphatic rings. The normalized spacial score (nSPS) is 10.1. The second-order valence-electron chi connectivity index (χ2n) is 6.39. The highest BCUT2D eigenvalue weighted by Crippen LogP contribution is 2.14. The molecule has 0 bridgehead atoms. The van der Waals surface area contributed by atoms with Gasteiger partial charge in [0.1, 0.15) is 11.5 Å². The average Bonchev–Trinajstić information content (AvgIpc) is 2.79. The maximum absolute atomic E-state index is 12.0. The van der Waals surface area contributed by atoms with Gasteiger partial charge in [-0.3, -0.25) is 20.4 Å². The van der Waals surface area contributed by atoms with Gasteiger partial charge in [0.15, 0.2) is 6.61 Å². The van der Waals surface area contributed by atoms with Gasteiger partial charge in [-0.1, -0.05) is 19.8 Å². The Labute approximate surface area is 175 Å². The number of rotatable bonds is 10. The maximum atomic E-state index is 12.0. The van der Waals surface area contributed by atoms with E-state index in [2.05, 4.69) is 17.8 Å². The van der Waals surface area contributed by atoms with Gasteiger partial charge in [0.05, 0.1) is 19.3 Å². The molecule has 0 aliphatic heterocycles. The van der Waals surface area contributed by atoms with E-state index in [4.69, 9.17) is 14.2 Å². The molecule has 0 fully saturated rings. The number of esters is 1. The third kappa shape index (κ3) is 7.46. The van der Waals surface area contributed by atoms with Crippen LogP contribution in [0.25, 0.3) is 0 Å². The Morgan fingerprint density at radius 2 is 1.47 bits per heavy atom. The van der Waals surface area contributed by atoms with Gasteiger partial charge in [0.25, 0.3) is 11.8 Å². The molecule has 0 unspecified atom stereocenters. The lowest BCUT2D eigenvalue weighted by molar-refractivity contribution is -0.125. The zero-order valence-corrected chi connectivity index (χ0v) is 17.1. The van der Waals surface area contributed by atoms with Gasteiger partial charge < -0.3 is 14.2 Å². The fourth-order valence-electron chi connectivity index (χ4n) is 2.42. The van der Waals surface area contributed by atoms with Gasteiger partial charge in [-0.15, -0.1) is 0 Å². The van der Waals surface area contributed by atoms with E-state index >= 15 is 0 Å². The first-order chi connectivity index (χ1) is 14.5. The number of nitrogens with one attached hydrogen (secondary N) is 2. The number of ether oxygens (including phenoxy) is 3. The first-order valence-corrected chi connectivity index (χ1v) is 9.66. The predicted octanol–water partition coefficient (Wildman–Crippen LogP) is 2.88. The lowest BCUT2D eigenvalue weighted by Gasteiger charge is -2.09. The quantitative estimate of drug-likeness (QED) is 0.352. The van der Waals surface area contributed by atoms with E-state index in [9.17, 15) is 14.4 Å². The van der Waals surface area contributed by atoms with E-state index in [0.29, 0.717) is 29.2 Å². The molecule has 0 aliphatic carbocycles. The summed E-state index contributed by atoms with van der Waals surface area (Å²) in [6.07, 6.45) is 3.20. The van der Waals surface area contributed by atoms with Crippen LogP contribution in [-0.4, -0.2) is 38.1 Å². The Kier molecular flexibility index (Phi) is 9.18. The fraction of sp³-hybridized carbons (Fsp3) is 0.318. The number of hydrogen-bond donors (Lipinski definition) is 2. The SMILES string of the molecule is CCCCCOc1ccc(C(=O)OCC(=O)NNC(=O)c2ccc(OC)cc2)cc1. The molecular formula is C22H26N2O6. The number of hydrazine groups is 1. The van der Waals surface area contributed by atoms with Crippen LogP contribution in [-0.2, 0) is 9.53 Å². The van der Waals surface area contributed by atoms with Gasteiger partial charge in [0, 0.05) is 5.56 Å². The van der Waals surface area contributed by atoms with Crippen molar-refractivity contribution in [3.63, 3.8) is 0 Å². The van der Waals surface area contributed by atoms with Crippen molar-refractivity contribution in [2.45, 2.75) is 26.2 Å². The minimum Gasteiger partial charge on any atom is -0.497 e. The Morgan fingerprint density at radius 3 is 2.10 bits per heavy atom. The minimum absolute atomic E-state index is 0.297. The highest BCUT2D eigenvalue weighted by molar-refractivity contribution is 5.96. The van der Waals surface area contributed by atoms with Crippen LogP contribution in [0.5, 0.6) is 11.5 Å². The van der Waals surface area contributed by atoms with Crippen molar-refractivity contribution >= 4 is 17.8 Å². The molecular weight excluding hydrogens is 388 g/mol. The number of hydrogen-bond acceptors (Lipinski definition) is 6. The minimum atomic E-state index is -0.666. The highest BCUT2D eigenvalue weighted by Gasteiger charge is 2.12. The highest BCUT2D eigenvalue weighted by atomic mass is 16.5. The molecule has 2 aromatic carbocycles. The van der Waals surface area contributed by atoms with E-state index in [1.54, 1.807) is 48.5 Å². The second-order valence-corrected chi connectivity index (χ2v) is 6.39. The molecule has 2 rings (SSSR count). The lowest BCUT2D eigenvalue weighted by atomic mass is 10.2. The Balaban J connectivity index is 1.71. The standard InChI is InChI=1S/C22H26N2O6/c1-3-4-5-14-29-19-12-8-17(9-13-19)22(27)30-15-20(25)23-24-21(26)16-6-10-18(28-2)11-7-16/h6-13H,3-5,14-15H2,1-2H3,(H,23,25)(H,24,26).